The van der Waals surface area contributed by atoms with E-state index in [9.17, 15) is 13.2 Å². The Bertz CT molecular complexity index is 1180. The predicted octanol–water partition coefficient (Wildman–Crippen LogP) is 3.12. The number of benzene rings is 2. The highest BCUT2D eigenvalue weighted by Crippen LogP contribution is 2.18. The van der Waals surface area contributed by atoms with Gasteiger partial charge in [-0.25, -0.2) is 17.9 Å². The number of aryl methyl sites for hydroxylation is 3. The second-order valence-corrected chi connectivity index (χ2v) is 8.94. The van der Waals surface area contributed by atoms with Crippen LogP contribution in [0.2, 0.25) is 0 Å². The van der Waals surface area contributed by atoms with Crippen LogP contribution < -0.4 is 4.72 Å². The number of hydrogen-bond acceptors (Lipinski definition) is 5. The number of hydrogen-bond donors (Lipinski definition) is 1. The highest BCUT2D eigenvalue weighted by Gasteiger charge is 2.18. The van der Waals surface area contributed by atoms with Crippen molar-refractivity contribution in [3.8, 4) is 0 Å². The molecule has 0 unspecified atom stereocenters. The second-order valence-electron chi connectivity index (χ2n) is 7.20. The Kier molecular flexibility index (Phi) is 6.38. The number of esters is 1. The molecule has 158 valence electrons. The number of aromatic nitrogens is 2. The SMILES string of the molecule is COC(=O)c1ccc(S(=O)(=O)NCc2cccc(Cn3nc(C)cc3C)c2)c(C)c1. The largest absolute Gasteiger partial charge is 0.465 e. The molecule has 0 aliphatic rings. The number of nitrogens with zero attached hydrogens (tertiary/aromatic N) is 2. The summed E-state index contributed by atoms with van der Waals surface area (Å²) in [6.45, 7) is 6.38. The molecule has 2 aromatic carbocycles. The molecule has 0 aliphatic heterocycles. The maximum absolute atomic E-state index is 12.8. The molecule has 0 amide bonds. The normalized spacial score (nSPS) is 11.5. The van der Waals surface area contributed by atoms with E-state index in [2.05, 4.69) is 14.6 Å². The lowest BCUT2D eigenvalue weighted by atomic mass is 10.1. The van der Waals surface area contributed by atoms with Crippen LogP contribution in [0.15, 0.2) is 53.4 Å². The number of carbonyl (C=O) groups excluding carboxylic acids is 1. The van der Waals surface area contributed by atoms with Gasteiger partial charge in [0.15, 0.2) is 0 Å². The van der Waals surface area contributed by atoms with Crippen LogP contribution in [0.25, 0.3) is 0 Å². The molecule has 1 heterocycles. The minimum atomic E-state index is -3.73. The van der Waals surface area contributed by atoms with Crippen molar-refractivity contribution >= 4 is 16.0 Å². The van der Waals surface area contributed by atoms with Gasteiger partial charge in [-0.05, 0) is 61.7 Å². The second kappa shape index (κ2) is 8.81. The Morgan fingerprint density at radius 3 is 2.43 bits per heavy atom. The minimum Gasteiger partial charge on any atom is -0.465 e. The summed E-state index contributed by atoms with van der Waals surface area (Å²) in [4.78, 5) is 11.8. The van der Waals surface area contributed by atoms with Gasteiger partial charge in [-0.15, -0.1) is 0 Å². The van der Waals surface area contributed by atoms with E-state index in [-0.39, 0.29) is 11.4 Å². The number of carbonyl (C=O) groups is 1. The predicted molar refractivity (Wildman–Crippen MR) is 114 cm³/mol. The molecule has 1 aromatic heterocycles. The van der Waals surface area contributed by atoms with E-state index in [1.54, 1.807) is 6.92 Å². The molecule has 7 nitrogen and oxygen atoms in total. The number of rotatable bonds is 7. The van der Waals surface area contributed by atoms with Gasteiger partial charge in [0.05, 0.1) is 29.8 Å². The van der Waals surface area contributed by atoms with Crippen molar-refractivity contribution in [1.29, 1.82) is 0 Å². The summed E-state index contributed by atoms with van der Waals surface area (Å²) in [5, 5.41) is 4.47. The van der Waals surface area contributed by atoms with Crippen LogP contribution in [0, 0.1) is 20.8 Å². The van der Waals surface area contributed by atoms with Gasteiger partial charge in [-0.2, -0.15) is 5.10 Å². The van der Waals surface area contributed by atoms with E-state index in [1.165, 1.54) is 25.3 Å². The number of ether oxygens (including phenoxy) is 1. The van der Waals surface area contributed by atoms with Gasteiger partial charge in [-0.1, -0.05) is 24.3 Å². The van der Waals surface area contributed by atoms with Crippen LogP contribution >= 0.6 is 0 Å². The molecular formula is C22H25N3O4S. The van der Waals surface area contributed by atoms with Crippen LogP contribution in [0.5, 0.6) is 0 Å². The lowest BCUT2D eigenvalue weighted by Crippen LogP contribution is -2.24. The zero-order valence-electron chi connectivity index (χ0n) is 17.5. The van der Waals surface area contributed by atoms with E-state index in [0.717, 1.165) is 22.5 Å². The van der Waals surface area contributed by atoms with Gasteiger partial charge in [0.2, 0.25) is 10.0 Å². The standard InChI is InChI=1S/C22H25N3O4S/c1-15-10-20(22(26)29-4)8-9-21(15)30(27,28)23-13-18-6-5-7-19(12-18)14-25-17(3)11-16(2)24-25/h5-12,23H,13-14H2,1-4H3. The third-order valence-electron chi connectivity index (χ3n) is 4.78. The molecule has 0 saturated heterocycles. The summed E-state index contributed by atoms with van der Waals surface area (Å²) in [6.07, 6.45) is 0. The van der Waals surface area contributed by atoms with Crippen molar-refractivity contribution in [2.24, 2.45) is 0 Å². The molecule has 0 radical (unpaired) electrons. The summed E-state index contributed by atoms with van der Waals surface area (Å²) in [6, 6.07) is 14.1. The Balaban J connectivity index is 1.73. The minimum absolute atomic E-state index is 0.133. The topological polar surface area (TPSA) is 90.3 Å². The van der Waals surface area contributed by atoms with Crippen molar-refractivity contribution in [2.45, 2.75) is 38.8 Å². The summed E-state index contributed by atoms with van der Waals surface area (Å²) in [7, 11) is -2.45. The van der Waals surface area contributed by atoms with Crippen LogP contribution in [0.3, 0.4) is 0 Å². The monoisotopic (exact) mass is 427 g/mol. The molecule has 8 heteroatoms. The van der Waals surface area contributed by atoms with Crippen molar-refractivity contribution in [3.63, 3.8) is 0 Å². The van der Waals surface area contributed by atoms with E-state index >= 15 is 0 Å². The first-order chi connectivity index (χ1) is 14.2. The zero-order valence-corrected chi connectivity index (χ0v) is 18.3. The van der Waals surface area contributed by atoms with Crippen LogP contribution in [-0.4, -0.2) is 31.3 Å². The van der Waals surface area contributed by atoms with Crippen molar-refractivity contribution in [2.75, 3.05) is 7.11 Å². The molecule has 1 N–H and O–H groups in total. The fourth-order valence-corrected chi connectivity index (χ4v) is 4.54. The highest BCUT2D eigenvalue weighted by molar-refractivity contribution is 7.89. The Morgan fingerprint density at radius 1 is 1.07 bits per heavy atom. The molecule has 30 heavy (non-hydrogen) atoms. The van der Waals surface area contributed by atoms with Crippen LogP contribution in [0.4, 0.5) is 0 Å². The molecule has 0 saturated carbocycles. The number of nitrogens with one attached hydrogen (secondary N) is 1. The van der Waals surface area contributed by atoms with E-state index in [0.29, 0.717) is 17.7 Å². The zero-order chi connectivity index (χ0) is 21.9. The first-order valence-corrected chi connectivity index (χ1v) is 11.0. The lowest BCUT2D eigenvalue weighted by molar-refractivity contribution is 0.0600. The molecule has 0 fully saturated rings. The highest BCUT2D eigenvalue weighted by atomic mass is 32.2. The number of methoxy groups -OCH3 is 1. The van der Waals surface area contributed by atoms with Gasteiger partial charge < -0.3 is 4.74 Å². The maximum Gasteiger partial charge on any atom is 0.337 e. The van der Waals surface area contributed by atoms with E-state index in [4.69, 9.17) is 0 Å². The van der Waals surface area contributed by atoms with Crippen LogP contribution in [0.1, 0.15) is 38.4 Å². The van der Waals surface area contributed by atoms with Crippen LogP contribution in [-0.2, 0) is 27.8 Å². The fraction of sp³-hybridized carbons (Fsp3) is 0.273. The molecule has 0 aliphatic carbocycles. The molecule has 0 bridgehead atoms. The average molecular weight is 428 g/mol. The molecular weight excluding hydrogens is 402 g/mol. The summed E-state index contributed by atoms with van der Waals surface area (Å²) < 4.78 is 34.7. The molecule has 0 spiro atoms. The van der Waals surface area contributed by atoms with Gasteiger partial charge in [0.25, 0.3) is 0 Å². The average Bonchev–Trinajstić information content (AvgIpc) is 3.02. The van der Waals surface area contributed by atoms with E-state index in [1.807, 2.05) is 48.9 Å². The molecule has 0 atom stereocenters. The van der Waals surface area contributed by atoms with Gasteiger partial charge in [-0.3, -0.25) is 4.68 Å². The van der Waals surface area contributed by atoms with Crippen molar-refractivity contribution in [3.05, 3.63) is 82.2 Å². The van der Waals surface area contributed by atoms with Gasteiger partial charge in [0.1, 0.15) is 0 Å². The Labute approximate surface area is 176 Å². The van der Waals surface area contributed by atoms with Crippen molar-refractivity contribution < 1.29 is 17.9 Å². The first-order valence-electron chi connectivity index (χ1n) is 9.47. The number of sulfonamides is 1. The summed E-state index contributed by atoms with van der Waals surface area (Å²) >= 11 is 0. The Hall–Kier alpha value is -2.97. The smallest absolute Gasteiger partial charge is 0.337 e. The summed E-state index contributed by atoms with van der Waals surface area (Å²) in [5.41, 5.74) is 4.71. The van der Waals surface area contributed by atoms with Gasteiger partial charge >= 0.3 is 5.97 Å². The quantitative estimate of drug-likeness (QED) is 0.585. The third-order valence-corrected chi connectivity index (χ3v) is 6.34. The Morgan fingerprint density at radius 2 is 1.80 bits per heavy atom. The van der Waals surface area contributed by atoms with Gasteiger partial charge in [0, 0.05) is 12.2 Å². The molecule has 3 aromatic rings. The first kappa shape index (κ1) is 21.7. The molecule has 3 rings (SSSR count). The maximum atomic E-state index is 12.8. The van der Waals surface area contributed by atoms with E-state index < -0.39 is 16.0 Å². The third kappa shape index (κ3) is 4.95. The van der Waals surface area contributed by atoms with Crippen molar-refractivity contribution in [1.82, 2.24) is 14.5 Å². The lowest BCUT2D eigenvalue weighted by Gasteiger charge is -2.11. The fourth-order valence-electron chi connectivity index (χ4n) is 3.30. The summed E-state index contributed by atoms with van der Waals surface area (Å²) in [5.74, 6) is -0.505.